The van der Waals surface area contributed by atoms with E-state index in [1.165, 1.54) is 23.9 Å². The molecule has 1 fully saturated rings. The Morgan fingerprint density at radius 2 is 1.70 bits per heavy atom. The van der Waals surface area contributed by atoms with E-state index in [0.29, 0.717) is 22.8 Å². The topological polar surface area (TPSA) is 61.4 Å². The Kier molecular flexibility index (Phi) is 6.06. The Balaban J connectivity index is 1.45. The summed E-state index contributed by atoms with van der Waals surface area (Å²) in [6, 6.07) is 20.2. The lowest BCUT2D eigenvalue weighted by Gasteiger charge is -2.24. The lowest BCUT2D eigenvalue weighted by Crippen LogP contribution is -2.27. The molecule has 1 unspecified atom stereocenters. The molecule has 0 saturated carbocycles. The van der Waals surface area contributed by atoms with Gasteiger partial charge in [-0.05, 0) is 60.2 Å². The second-order valence-electron chi connectivity index (χ2n) is 6.62. The first-order chi connectivity index (χ1) is 14.5. The maximum Gasteiger partial charge on any atom is 0.323 e. The van der Waals surface area contributed by atoms with Crippen LogP contribution in [0, 0.1) is 5.82 Å². The molecule has 1 aliphatic rings. The van der Waals surface area contributed by atoms with Crippen LogP contribution in [-0.2, 0) is 4.79 Å². The molecule has 1 heterocycles. The Hall–Kier alpha value is -2.84. The molecule has 3 aromatic rings. The summed E-state index contributed by atoms with van der Waals surface area (Å²) >= 11 is 4.88. The summed E-state index contributed by atoms with van der Waals surface area (Å²) in [7, 11) is 0. The van der Waals surface area contributed by atoms with Crippen LogP contribution in [0.3, 0.4) is 0 Å². The predicted molar refractivity (Wildman–Crippen MR) is 122 cm³/mol. The van der Waals surface area contributed by atoms with Gasteiger partial charge in [0, 0.05) is 21.5 Å². The van der Waals surface area contributed by atoms with E-state index in [1.54, 1.807) is 41.3 Å². The van der Waals surface area contributed by atoms with Crippen molar-refractivity contribution in [2.75, 3.05) is 21.3 Å². The fourth-order valence-electron chi connectivity index (χ4n) is 3.14. The molecule has 30 heavy (non-hydrogen) atoms. The minimum absolute atomic E-state index is 0.0211. The Labute approximate surface area is 185 Å². The third-order valence-electron chi connectivity index (χ3n) is 4.51. The Morgan fingerprint density at radius 1 is 1.00 bits per heavy atom. The number of rotatable bonds is 4. The van der Waals surface area contributed by atoms with Gasteiger partial charge in [0.05, 0.1) is 5.75 Å². The average molecular weight is 486 g/mol. The van der Waals surface area contributed by atoms with Gasteiger partial charge in [-0.3, -0.25) is 9.69 Å². The number of amides is 3. The molecule has 0 aromatic heterocycles. The van der Waals surface area contributed by atoms with E-state index < -0.39 is 0 Å². The summed E-state index contributed by atoms with van der Waals surface area (Å²) in [5, 5.41) is 5.36. The zero-order valence-electron chi connectivity index (χ0n) is 15.6. The number of carbonyl (C=O) groups excluding carboxylic acids is 2. The molecule has 1 aliphatic heterocycles. The molecule has 3 amide bonds. The van der Waals surface area contributed by atoms with Gasteiger partial charge in [-0.2, -0.15) is 0 Å². The minimum atomic E-state index is -0.348. The summed E-state index contributed by atoms with van der Waals surface area (Å²) in [6.07, 6.45) is 0. The summed E-state index contributed by atoms with van der Waals surface area (Å²) in [5.74, 6) is -0.00440. The summed E-state index contributed by atoms with van der Waals surface area (Å²) < 4.78 is 14.1. The lowest BCUT2D eigenvalue weighted by atomic mass is 10.1. The number of anilines is 3. The highest BCUT2D eigenvalue weighted by Crippen LogP contribution is 2.41. The van der Waals surface area contributed by atoms with Crippen LogP contribution < -0.4 is 15.5 Å². The zero-order valence-corrected chi connectivity index (χ0v) is 18.0. The van der Waals surface area contributed by atoms with E-state index in [9.17, 15) is 14.0 Å². The van der Waals surface area contributed by atoms with Crippen LogP contribution in [0.25, 0.3) is 0 Å². The number of thioether (sulfide) groups is 1. The van der Waals surface area contributed by atoms with Crippen molar-refractivity contribution in [2.24, 2.45) is 0 Å². The first-order valence-electron chi connectivity index (χ1n) is 9.12. The molecule has 0 radical (unpaired) electrons. The van der Waals surface area contributed by atoms with Crippen molar-refractivity contribution in [1.29, 1.82) is 0 Å². The van der Waals surface area contributed by atoms with Crippen LogP contribution >= 0.6 is 27.7 Å². The first-order valence-corrected chi connectivity index (χ1v) is 11.0. The van der Waals surface area contributed by atoms with E-state index in [1.807, 2.05) is 24.3 Å². The van der Waals surface area contributed by atoms with Crippen LogP contribution in [0.4, 0.5) is 26.2 Å². The van der Waals surface area contributed by atoms with E-state index in [0.717, 1.165) is 10.0 Å². The van der Waals surface area contributed by atoms with Crippen LogP contribution in [0.15, 0.2) is 77.3 Å². The third-order valence-corrected chi connectivity index (χ3v) is 6.21. The van der Waals surface area contributed by atoms with Gasteiger partial charge in [0.25, 0.3) is 0 Å². The van der Waals surface area contributed by atoms with Gasteiger partial charge in [0.15, 0.2) is 0 Å². The molecule has 152 valence electrons. The Morgan fingerprint density at radius 3 is 2.40 bits per heavy atom. The minimum Gasteiger partial charge on any atom is -0.308 e. The maximum atomic E-state index is 13.2. The van der Waals surface area contributed by atoms with Gasteiger partial charge in [-0.1, -0.05) is 34.1 Å². The van der Waals surface area contributed by atoms with Crippen molar-refractivity contribution >= 4 is 56.7 Å². The van der Waals surface area contributed by atoms with Crippen molar-refractivity contribution in [3.05, 3.63) is 88.6 Å². The summed E-state index contributed by atoms with van der Waals surface area (Å²) in [5.41, 5.74) is 2.89. The second kappa shape index (κ2) is 8.89. The van der Waals surface area contributed by atoms with E-state index in [2.05, 4.69) is 26.6 Å². The number of urea groups is 1. The van der Waals surface area contributed by atoms with Crippen LogP contribution in [-0.4, -0.2) is 17.7 Å². The molecule has 1 saturated heterocycles. The molecule has 4 rings (SSSR count). The molecule has 2 N–H and O–H groups in total. The van der Waals surface area contributed by atoms with Crippen LogP contribution in [0.1, 0.15) is 10.9 Å². The number of nitrogens with zero attached hydrogens (tertiary/aromatic N) is 1. The van der Waals surface area contributed by atoms with Crippen molar-refractivity contribution in [3.63, 3.8) is 0 Å². The van der Waals surface area contributed by atoms with Gasteiger partial charge >= 0.3 is 6.03 Å². The highest BCUT2D eigenvalue weighted by atomic mass is 79.9. The summed E-state index contributed by atoms with van der Waals surface area (Å²) in [4.78, 5) is 26.3. The van der Waals surface area contributed by atoms with E-state index >= 15 is 0 Å². The largest absolute Gasteiger partial charge is 0.323 e. The quantitative estimate of drug-likeness (QED) is 0.475. The van der Waals surface area contributed by atoms with Gasteiger partial charge < -0.3 is 10.6 Å². The molecule has 5 nitrogen and oxygen atoms in total. The lowest BCUT2D eigenvalue weighted by molar-refractivity contribution is -0.115. The second-order valence-corrected chi connectivity index (χ2v) is 8.60. The summed E-state index contributed by atoms with van der Waals surface area (Å²) in [6.45, 7) is 0. The molecule has 1 atom stereocenters. The molecular formula is C22H17BrFN3O2S. The van der Waals surface area contributed by atoms with Gasteiger partial charge in [0.1, 0.15) is 11.2 Å². The zero-order chi connectivity index (χ0) is 21.1. The van der Waals surface area contributed by atoms with E-state index in [4.69, 9.17) is 0 Å². The van der Waals surface area contributed by atoms with Crippen molar-refractivity contribution in [1.82, 2.24) is 0 Å². The standard InChI is InChI=1S/C22H17BrFN3O2S/c23-15-2-1-3-18(12-15)26-22(29)25-17-8-4-14(5-9-17)21-27(20(28)13-30-21)19-10-6-16(24)7-11-19/h1-12,21H,13H2,(H2,25,26,29). The Bertz CT molecular complexity index is 1080. The predicted octanol–water partition coefficient (Wildman–Crippen LogP) is 6.01. The van der Waals surface area contributed by atoms with Crippen LogP contribution in [0.2, 0.25) is 0 Å². The number of benzene rings is 3. The molecule has 3 aromatic carbocycles. The molecular weight excluding hydrogens is 469 g/mol. The normalized spacial score (nSPS) is 15.9. The highest BCUT2D eigenvalue weighted by Gasteiger charge is 2.34. The van der Waals surface area contributed by atoms with Gasteiger partial charge in [-0.15, -0.1) is 11.8 Å². The molecule has 0 bridgehead atoms. The fourth-order valence-corrected chi connectivity index (χ4v) is 4.72. The molecule has 0 aliphatic carbocycles. The molecule has 8 heteroatoms. The van der Waals surface area contributed by atoms with Gasteiger partial charge in [0.2, 0.25) is 5.91 Å². The smallest absolute Gasteiger partial charge is 0.308 e. The maximum absolute atomic E-state index is 13.2. The van der Waals surface area contributed by atoms with Crippen molar-refractivity contribution in [3.8, 4) is 0 Å². The SMILES string of the molecule is O=C(Nc1ccc(C2SCC(=O)N2c2ccc(F)cc2)cc1)Nc1cccc(Br)c1. The number of carbonyl (C=O) groups is 2. The highest BCUT2D eigenvalue weighted by molar-refractivity contribution is 9.10. The molecule has 0 spiro atoms. The number of hydrogen-bond acceptors (Lipinski definition) is 3. The number of halogens is 2. The van der Waals surface area contributed by atoms with E-state index in [-0.39, 0.29) is 23.1 Å². The first kappa shape index (κ1) is 20.4. The fraction of sp³-hybridized carbons (Fsp3) is 0.0909. The monoisotopic (exact) mass is 485 g/mol. The number of nitrogens with one attached hydrogen (secondary N) is 2. The number of hydrogen-bond donors (Lipinski definition) is 2. The van der Waals surface area contributed by atoms with Gasteiger partial charge in [-0.25, -0.2) is 9.18 Å². The van der Waals surface area contributed by atoms with Crippen LogP contribution in [0.5, 0.6) is 0 Å². The third kappa shape index (κ3) is 4.66. The van der Waals surface area contributed by atoms with Crippen molar-refractivity contribution in [2.45, 2.75) is 5.37 Å². The average Bonchev–Trinajstić information content (AvgIpc) is 3.10. The van der Waals surface area contributed by atoms with Crippen molar-refractivity contribution < 1.29 is 14.0 Å².